The third kappa shape index (κ3) is 3.70. The van der Waals surface area contributed by atoms with Crippen molar-refractivity contribution in [2.75, 3.05) is 4.90 Å². The minimum Gasteiger partial charge on any atom is -0.297 e. The van der Waals surface area contributed by atoms with Gasteiger partial charge in [0.1, 0.15) is 0 Å². The molecule has 0 radical (unpaired) electrons. The summed E-state index contributed by atoms with van der Waals surface area (Å²) in [5, 5.41) is 11.5. The molecule has 5 aromatic rings. The zero-order valence-electron chi connectivity index (χ0n) is 24.7. The van der Waals surface area contributed by atoms with E-state index >= 15 is 14.4 Å². The fraction of sp³-hybridized carbons (Fsp3) is 0.103. The summed E-state index contributed by atoms with van der Waals surface area (Å²) in [6, 6.07) is 41.9. The molecule has 0 aromatic heterocycles. The van der Waals surface area contributed by atoms with Crippen molar-refractivity contribution in [1.29, 1.82) is 0 Å². The van der Waals surface area contributed by atoms with Gasteiger partial charge in [-0.05, 0) is 55.4 Å². The molecule has 3 aliphatic rings. The predicted molar refractivity (Wildman–Crippen MR) is 181 cm³/mol. The number of Topliss-reactive ketones (excluding diaryl/α,β-unsaturated/α-hetero) is 1. The number of carbonyl (C=O) groups is 3. The molecule has 47 heavy (non-hydrogen) atoms. The first kappa shape index (κ1) is 29.0. The summed E-state index contributed by atoms with van der Waals surface area (Å²) in [6.07, 6.45) is 0. The summed E-state index contributed by atoms with van der Waals surface area (Å²) in [4.78, 5) is 58.1. The van der Waals surface area contributed by atoms with Crippen molar-refractivity contribution in [2.45, 2.75) is 10.8 Å². The number of amides is 2. The van der Waals surface area contributed by atoms with Gasteiger partial charge in [-0.2, -0.15) is 0 Å². The van der Waals surface area contributed by atoms with Crippen LogP contribution in [0.1, 0.15) is 22.3 Å². The summed E-state index contributed by atoms with van der Waals surface area (Å²) in [6.45, 7) is 0. The van der Waals surface area contributed by atoms with E-state index in [1.165, 1.54) is 18.2 Å². The number of ketones is 1. The Morgan fingerprint density at radius 3 is 1.38 bits per heavy atom. The number of fused-ring (bicyclic) bond motifs is 5. The van der Waals surface area contributed by atoms with E-state index in [2.05, 4.69) is 15.9 Å². The first-order valence-electron chi connectivity index (χ1n) is 15.2. The fourth-order valence-corrected chi connectivity index (χ4v) is 8.91. The molecule has 7 nitrogen and oxygen atoms in total. The average molecular weight is 682 g/mol. The topological polar surface area (TPSA) is 97.6 Å². The zero-order chi connectivity index (χ0) is 32.5. The maximum atomic E-state index is 15.9. The van der Waals surface area contributed by atoms with E-state index in [1.54, 1.807) is 0 Å². The van der Waals surface area contributed by atoms with Crippen molar-refractivity contribution < 1.29 is 19.3 Å². The molecule has 2 amide bonds. The van der Waals surface area contributed by atoms with Gasteiger partial charge < -0.3 is 0 Å². The number of anilines is 1. The lowest BCUT2D eigenvalue weighted by Crippen LogP contribution is -2.45. The number of nitro benzene ring substituents is 1. The van der Waals surface area contributed by atoms with Gasteiger partial charge in [0.2, 0.25) is 11.8 Å². The van der Waals surface area contributed by atoms with Crippen LogP contribution in [-0.2, 0) is 25.2 Å². The lowest BCUT2D eigenvalue weighted by molar-refractivity contribution is -0.384. The fourth-order valence-electron chi connectivity index (χ4n) is 8.36. The summed E-state index contributed by atoms with van der Waals surface area (Å²) >= 11 is 3.40. The molecule has 1 saturated heterocycles. The van der Waals surface area contributed by atoms with Gasteiger partial charge in [-0.15, -0.1) is 0 Å². The molecular weight excluding hydrogens is 656 g/mol. The number of hydrogen-bond acceptors (Lipinski definition) is 5. The molecule has 5 aromatic carbocycles. The number of carbonyl (C=O) groups excluding carboxylic acids is 3. The first-order valence-corrected chi connectivity index (χ1v) is 16.0. The minimum absolute atomic E-state index is 0.184. The highest BCUT2D eigenvalue weighted by atomic mass is 79.9. The molecule has 4 atom stereocenters. The summed E-state index contributed by atoms with van der Waals surface area (Å²) in [5.74, 6) is -3.43. The number of imide groups is 1. The third-order valence-corrected chi connectivity index (χ3v) is 10.6. The van der Waals surface area contributed by atoms with Gasteiger partial charge in [0, 0.05) is 16.6 Å². The van der Waals surface area contributed by atoms with Crippen LogP contribution < -0.4 is 4.90 Å². The van der Waals surface area contributed by atoms with Crippen LogP contribution in [0.2, 0.25) is 0 Å². The van der Waals surface area contributed by atoms with Crippen LogP contribution in [0.15, 0.2) is 144 Å². The molecule has 0 spiro atoms. The molecule has 0 unspecified atom stereocenters. The van der Waals surface area contributed by atoms with Gasteiger partial charge in [-0.25, -0.2) is 4.90 Å². The van der Waals surface area contributed by atoms with Crippen molar-refractivity contribution in [3.63, 3.8) is 0 Å². The van der Waals surface area contributed by atoms with Gasteiger partial charge in [-0.1, -0.05) is 121 Å². The molecule has 1 heterocycles. The highest BCUT2D eigenvalue weighted by Crippen LogP contribution is 2.74. The second-order valence-electron chi connectivity index (χ2n) is 12.0. The number of non-ortho nitro benzene ring substituents is 1. The van der Waals surface area contributed by atoms with Crippen LogP contribution in [0, 0.1) is 22.0 Å². The van der Waals surface area contributed by atoms with E-state index in [1.807, 2.05) is 121 Å². The van der Waals surface area contributed by atoms with Gasteiger partial charge in [0.25, 0.3) is 5.69 Å². The lowest BCUT2D eigenvalue weighted by Gasteiger charge is -2.39. The lowest BCUT2D eigenvalue weighted by atomic mass is 9.59. The number of rotatable bonds is 6. The minimum atomic E-state index is -1.52. The Labute approximate surface area is 278 Å². The highest BCUT2D eigenvalue weighted by Gasteiger charge is 2.82. The number of halogens is 1. The Morgan fingerprint density at radius 1 is 0.596 bits per heavy atom. The highest BCUT2D eigenvalue weighted by molar-refractivity contribution is 9.10. The van der Waals surface area contributed by atoms with Crippen LogP contribution in [-0.4, -0.2) is 22.5 Å². The van der Waals surface area contributed by atoms with Crippen molar-refractivity contribution >= 4 is 56.0 Å². The molecular formula is C39H25BrN2O5. The van der Waals surface area contributed by atoms with Crippen LogP contribution in [0.3, 0.4) is 0 Å². The van der Waals surface area contributed by atoms with E-state index < -0.39 is 39.4 Å². The summed E-state index contributed by atoms with van der Waals surface area (Å²) < 4.78 is 0.231. The van der Waals surface area contributed by atoms with Gasteiger partial charge in [0.15, 0.2) is 5.78 Å². The van der Waals surface area contributed by atoms with Crippen LogP contribution >= 0.6 is 15.9 Å². The Bertz CT molecular complexity index is 2030. The van der Waals surface area contributed by atoms with Gasteiger partial charge >= 0.3 is 0 Å². The van der Waals surface area contributed by atoms with Crippen LogP contribution in [0.4, 0.5) is 11.4 Å². The molecule has 0 N–H and O–H groups in total. The standard InChI is InChI=1S/C39H25BrN2O5/c40-29-23-28(42(46)47)21-22-30(29)41-35(43)33-34(36(41)44)39(27-19-11-4-12-20-27)32(25-15-7-2-8-16-25)31(24-13-5-1-6-14-24)38(33,37(39)45)26-17-9-3-10-18-26/h1-23,33-34H/t33-,34-,38+,39+/m1/s1. The number of allylic oxidation sites excluding steroid dienone is 2. The van der Waals surface area contributed by atoms with E-state index in [4.69, 9.17) is 0 Å². The Balaban J connectivity index is 1.52. The monoisotopic (exact) mass is 680 g/mol. The first-order chi connectivity index (χ1) is 22.8. The van der Waals surface area contributed by atoms with Crippen LogP contribution in [0.5, 0.6) is 0 Å². The summed E-state index contributed by atoms with van der Waals surface area (Å²) in [5.41, 5.74) is 1.21. The Morgan fingerprint density at radius 2 is 1.00 bits per heavy atom. The second-order valence-corrected chi connectivity index (χ2v) is 12.9. The van der Waals surface area contributed by atoms with Crippen molar-refractivity contribution in [3.8, 4) is 0 Å². The molecule has 228 valence electrons. The smallest absolute Gasteiger partial charge is 0.270 e. The van der Waals surface area contributed by atoms with Gasteiger partial charge in [-0.3, -0.25) is 24.5 Å². The second kappa shape index (κ2) is 10.5. The van der Waals surface area contributed by atoms with Crippen molar-refractivity contribution in [2.24, 2.45) is 11.8 Å². The molecule has 2 fully saturated rings. The Hall–Kier alpha value is -5.47. The molecule has 8 heteroatoms. The number of nitro groups is 1. The molecule has 2 aliphatic carbocycles. The SMILES string of the molecule is O=C1[C@H]2[C@H](C(=O)N1c1ccc([N+](=O)[O-])cc1Br)[C@@]1(c3ccccc3)C(=O)[C@@]2(c2ccccc2)C(c2ccccc2)=C1c1ccccc1. The van der Waals surface area contributed by atoms with Gasteiger partial charge in [0.05, 0.1) is 33.3 Å². The predicted octanol–water partition coefficient (Wildman–Crippen LogP) is 7.55. The number of hydrogen-bond donors (Lipinski definition) is 0. The van der Waals surface area contributed by atoms with Crippen molar-refractivity contribution in [1.82, 2.24) is 0 Å². The van der Waals surface area contributed by atoms with E-state index in [0.717, 1.165) is 16.0 Å². The third-order valence-electron chi connectivity index (χ3n) is 9.96. The van der Waals surface area contributed by atoms with E-state index in [-0.39, 0.29) is 21.6 Å². The molecule has 2 bridgehead atoms. The molecule has 8 rings (SSSR count). The van der Waals surface area contributed by atoms with Crippen molar-refractivity contribution in [3.05, 3.63) is 176 Å². The van der Waals surface area contributed by atoms with E-state index in [9.17, 15) is 10.1 Å². The van der Waals surface area contributed by atoms with Crippen LogP contribution in [0.25, 0.3) is 11.1 Å². The maximum Gasteiger partial charge on any atom is 0.270 e. The van der Waals surface area contributed by atoms with E-state index in [0.29, 0.717) is 22.3 Å². The average Bonchev–Trinajstić information content (AvgIpc) is 3.62. The molecule has 1 saturated carbocycles. The normalized spacial score (nSPS) is 24.6. The zero-order valence-corrected chi connectivity index (χ0v) is 26.3. The Kier molecular flexibility index (Phi) is 6.49. The number of nitrogens with zero attached hydrogens (tertiary/aromatic N) is 2. The molecule has 1 aliphatic heterocycles. The largest absolute Gasteiger partial charge is 0.297 e. The quantitative estimate of drug-likeness (QED) is 0.105. The number of benzene rings is 5. The summed E-state index contributed by atoms with van der Waals surface area (Å²) in [7, 11) is 0. The maximum absolute atomic E-state index is 15.9.